The molecule has 2 heterocycles. The van der Waals surface area contributed by atoms with Crippen LogP contribution in [0.1, 0.15) is 12.8 Å². The summed E-state index contributed by atoms with van der Waals surface area (Å²) in [5.74, 6) is 0.833. The minimum Gasteiger partial charge on any atom is -0.381 e. The molecule has 0 radical (unpaired) electrons. The minimum atomic E-state index is 0.632. The Morgan fingerprint density at radius 1 is 1.08 bits per heavy atom. The van der Waals surface area contributed by atoms with Crippen molar-refractivity contribution in [3.05, 3.63) is 0 Å². The highest BCUT2D eigenvalue weighted by Crippen LogP contribution is 2.14. The lowest BCUT2D eigenvalue weighted by Gasteiger charge is -2.30. The number of nitrogens with one attached hydrogen (secondary N) is 1. The van der Waals surface area contributed by atoms with Crippen molar-refractivity contribution in [2.45, 2.75) is 18.9 Å². The summed E-state index contributed by atoms with van der Waals surface area (Å²) < 4.78 is 10.4. The Morgan fingerprint density at radius 2 is 1.83 bits per heavy atom. The Hall–Kier alpha value is -0.120. The van der Waals surface area contributed by atoms with E-state index in [0.29, 0.717) is 6.04 Å². The van der Waals surface area contributed by atoms with E-state index in [0.717, 1.165) is 38.9 Å². The van der Waals surface area contributed by atoms with Gasteiger partial charge in [-0.2, -0.15) is 0 Å². The fraction of sp³-hybridized carbons (Fsp3) is 1.00. The van der Waals surface area contributed by atoms with Gasteiger partial charge < -0.3 is 14.8 Å². The van der Waals surface area contributed by atoms with Gasteiger partial charge in [-0.3, -0.25) is 0 Å². The summed E-state index contributed by atoms with van der Waals surface area (Å²) >= 11 is 0. The smallest absolute Gasteiger partial charge is 0.0643 e. The molecule has 2 rings (SSSR count). The third kappa shape index (κ3) is 2.19. The molecule has 2 aliphatic heterocycles. The lowest BCUT2D eigenvalue weighted by atomic mass is 10.00. The van der Waals surface area contributed by atoms with Crippen molar-refractivity contribution in [3.63, 3.8) is 0 Å². The SMILES string of the molecule is C1CC(CNC2COC2)CCO1. The van der Waals surface area contributed by atoms with Crippen molar-refractivity contribution in [3.8, 4) is 0 Å². The van der Waals surface area contributed by atoms with Gasteiger partial charge >= 0.3 is 0 Å². The van der Waals surface area contributed by atoms with E-state index in [4.69, 9.17) is 9.47 Å². The third-order valence-corrected chi connectivity index (χ3v) is 2.67. The molecule has 0 aromatic carbocycles. The second-order valence-electron chi connectivity index (χ2n) is 3.70. The van der Waals surface area contributed by atoms with Gasteiger partial charge in [-0.15, -0.1) is 0 Å². The van der Waals surface area contributed by atoms with Crippen LogP contribution in [0.15, 0.2) is 0 Å². The molecule has 0 unspecified atom stereocenters. The quantitative estimate of drug-likeness (QED) is 0.667. The molecule has 3 heteroatoms. The first kappa shape index (κ1) is 8.48. The lowest BCUT2D eigenvalue weighted by molar-refractivity contribution is -0.00990. The van der Waals surface area contributed by atoms with Gasteiger partial charge in [0, 0.05) is 13.2 Å². The first-order valence-electron chi connectivity index (χ1n) is 4.84. The zero-order valence-electron chi connectivity index (χ0n) is 7.42. The number of hydrogen-bond donors (Lipinski definition) is 1. The Labute approximate surface area is 73.4 Å². The van der Waals surface area contributed by atoms with E-state index in [1.54, 1.807) is 0 Å². The van der Waals surface area contributed by atoms with Crippen molar-refractivity contribution in [1.29, 1.82) is 0 Å². The monoisotopic (exact) mass is 171 g/mol. The van der Waals surface area contributed by atoms with E-state index in [9.17, 15) is 0 Å². The minimum absolute atomic E-state index is 0.632. The summed E-state index contributed by atoms with van der Waals surface area (Å²) in [7, 11) is 0. The van der Waals surface area contributed by atoms with Crippen LogP contribution in [0.3, 0.4) is 0 Å². The van der Waals surface area contributed by atoms with Gasteiger partial charge in [-0.25, -0.2) is 0 Å². The summed E-state index contributed by atoms with van der Waals surface area (Å²) in [5.41, 5.74) is 0. The molecular formula is C9H17NO2. The van der Waals surface area contributed by atoms with E-state index < -0.39 is 0 Å². The Kier molecular flexibility index (Phi) is 2.98. The molecule has 0 atom stereocenters. The van der Waals surface area contributed by atoms with Crippen molar-refractivity contribution in [2.75, 3.05) is 33.0 Å². The van der Waals surface area contributed by atoms with Crippen LogP contribution in [-0.4, -0.2) is 39.0 Å². The molecule has 1 N–H and O–H groups in total. The van der Waals surface area contributed by atoms with Crippen molar-refractivity contribution >= 4 is 0 Å². The maximum absolute atomic E-state index is 5.29. The van der Waals surface area contributed by atoms with Crippen LogP contribution in [0.2, 0.25) is 0 Å². The molecule has 3 nitrogen and oxygen atoms in total. The Balaban J connectivity index is 1.58. The molecule has 12 heavy (non-hydrogen) atoms. The molecule has 0 aromatic rings. The van der Waals surface area contributed by atoms with Crippen LogP contribution >= 0.6 is 0 Å². The topological polar surface area (TPSA) is 30.5 Å². The van der Waals surface area contributed by atoms with Gasteiger partial charge in [-0.1, -0.05) is 0 Å². The highest BCUT2D eigenvalue weighted by molar-refractivity contribution is 4.75. The number of rotatable bonds is 3. The molecule has 2 fully saturated rings. The molecule has 0 bridgehead atoms. The van der Waals surface area contributed by atoms with Crippen LogP contribution in [0.4, 0.5) is 0 Å². The normalized spacial score (nSPS) is 27.0. The zero-order chi connectivity index (χ0) is 8.23. The summed E-state index contributed by atoms with van der Waals surface area (Å²) in [4.78, 5) is 0. The molecule has 0 saturated carbocycles. The van der Waals surface area contributed by atoms with Gasteiger partial charge in [0.15, 0.2) is 0 Å². The van der Waals surface area contributed by atoms with Crippen molar-refractivity contribution in [1.82, 2.24) is 5.32 Å². The van der Waals surface area contributed by atoms with E-state index in [1.807, 2.05) is 0 Å². The second kappa shape index (κ2) is 4.21. The van der Waals surface area contributed by atoms with E-state index >= 15 is 0 Å². The van der Waals surface area contributed by atoms with E-state index in [-0.39, 0.29) is 0 Å². The highest BCUT2D eigenvalue weighted by Gasteiger charge is 2.20. The largest absolute Gasteiger partial charge is 0.381 e. The van der Waals surface area contributed by atoms with Gasteiger partial charge in [0.25, 0.3) is 0 Å². The van der Waals surface area contributed by atoms with Gasteiger partial charge in [0.1, 0.15) is 0 Å². The average molecular weight is 171 g/mol. The van der Waals surface area contributed by atoms with Gasteiger partial charge in [-0.05, 0) is 25.3 Å². The molecule has 2 saturated heterocycles. The molecule has 0 aromatic heterocycles. The number of ether oxygens (including phenoxy) is 2. The lowest BCUT2D eigenvalue weighted by Crippen LogP contribution is -2.47. The average Bonchev–Trinajstić information content (AvgIpc) is 2.04. The maximum Gasteiger partial charge on any atom is 0.0643 e. The fourth-order valence-corrected chi connectivity index (χ4v) is 1.64. The van der Waals surface area contributed by atoms with Gasteiger partial charge in [0.05, 0.1) is 19.3 Å². The zero-order valence-corrected chi connectivity index (χ0v) is 7.42. The predicted octanol–water partition coefficient (Wildman–Crippen LogP) is 0.401. The Morgan fingerprint density at radius 3 is 2.42 bits per heavy atom. The van der Waals surface area contributed by atoms with Crippen molar-refractivity contribution < 1.29 is 9.47 Å². The molecular weight excluding hydrogens is 154 g/mol. The summed E-state index contributed by atoms with van der Waals surface area (Å²) in [6.07, 6.45) is 2.45. The summed E-state index contributed by atoms with van der Waals surface area (Å²) in [6.45, 7) is 4.87. The van der Waals surface area contributed by atoms with E-state index in [1.165, 1.54) is 12.8 Å². The molecule has 0 amide bonds. The highest BCUT2D eigenvalue weighted by atomic mass is 16.5. The van der Waals surface area contributed by atoms with Crippen LogP contribution in [0, 0.1) is 5.92 Å². The molecule has 0 spiro atoms. The Bertz CT molecular complexity index is 130. The second-order valence-corrected chi connectivity index (χ2v) is 3.70. The fourth-order valence-electron chi connectivity index (χ4n) is 1.64. The maximum atomic E-state index is 5.29. The molecule has 70 valence electrons. The first-order chi connectivity index (χ1) is 5.95. The summed E-state index contributed by atoms with van der Waals surface area (Å²) in [5, 5.41) is 3.51. The number of hydrogen-bond acceptors (Lipinski definition) is 3. The first-order valence-corrected chi connectivity index (χ1v) is 4.84. The van der Waals surface area contributed by atoms with Crippen molar-refractivity contribution in [2.24, 2.45) is 5.92 Å². The van der Waals surface area contributed by atoms with Gasteiger partial charge in [0.2, 0.25) is 0 Å². The van der Waals surface area contributed by atoms with Crippen LogP contribution in [0.25, 0.3) is 0 Å². The van der Waals surface area contributed by atoms with Crippen LogP contribution in [-0.2, 0) is 9.47 Å². The molecule has 0 aliphatic carbocycles. The predicted molar refractivity (Wildman–Crippen MR) is 46.2 cm³/mol. The van der Waals surface area contributed by atoms with E-state index in [2.05, 4.69) is 5.32 Å². The summed E-state index contributed by atoms with van der Waals surface area (Å²) in [6, 6.07) is 0.632. The van der Waals surface area contributed by atoms with Crippen LogP contribution in [0.5, 0.6) is 0 Å². The third-order valence-electron chi connectivity index (χ3n) is 2.67. The molecule has 2 aliphatic rings. The standard InChI is InChI=1S/C9H17NO2/c1-3-11-4-2-8(1)5-10-9-6-12-7-9/h8-10H,1-7H2. The van der Waals surface area contributed by atoms with Crippen LogP contribution < -0.4 is 5.32 Å².